The molecule has 1 aliphatic rings. The number of fused-ring (bicyclic) bond motifs is 1. The number of aromatic hydroxyl groups is 1. The van der Waals surface area contributed by atoms with Gasteiger partial charge in [0.1, 0.15) is 42.0 Å². The van der Waals surface area contributed by atoms with E-state index in [1.165, 1.54) is 12.1 Å². The summed E-state index contributed by atoms with van der Waals surface area (Å²) in [6.45, 7) is 4.18. The normalized spacial score (nSPS) is 18.5. The third-order valence-corrected chi connectivity index (χ3v) is 12.9. The van der Waals surface area contributed by atoms with Crippen molar-refractivity contribution >= 4 is 82.1 Å². The molecule has 29 heteroatoms. The number of amides is 10. The Hall–Kier alpha value is -9.18. The molecule has 6 atom stereocenters. The number of nitrogens with zero attached hydrogens (tertiary/aromatic N) is 3. The molecule has 23 N–H and O–H groups in total. The second-order valence-corrected chi connectivity index (χ2v) is 20.1. The van der Waals surface area contributed by atoms with Crippen molar-refractivity contribution in [2.45, 2.75) is 134 Å². The molecule has 1 aliphatic heterocycles. The highest BCUT2D eigenvalue weighted by molar-refractivity contribution is 5.98. The van der Waals surface area contributed by atoms with Crippen LogP contribution in [0.5, 0.6) is 5.75 Å². The van der Waals surface area contributed by atoms with Gasteiger partial charge < -0.3 is 87.0 Å². The van der Waals surface area contributed by atoms with Crippen LogP contribution in [-0.2, 0) is 51.2 Å². The van der Waals surface area contributed by atoms with Crippen LogP contribution < -0.4 is 82.3 Å². The summed E-state index contributed by atoms with van der Waals surface area (Å²) in [6.07, 6.45) is 2.29. The molecule has 0 saturated heterocycles. The van der Waals surface area contributed by atoms with Crippen molar-refractivity contribution in [2.24, 2.45) is 55.3 Å². The van der Waals surface area contributed by atoms with Crippen LogP contribution in [0.3, 0.4) is 0 Å². The minimum Gasteiger partial charge on any atom is -0.508 e. The number of para-hydroxylation sites is 1. The Labute approximate surface area is 475 Å². The minimum absolute atomic E-state index is 0.00562. The molecule has 0 spiro atoms. The first-order valence-corrected chi connectivity index (χ1v) is 27.2. The van der Waals surface area contributed by atoms with Gasteiger partial charge in [-0.1, -0.05) is 44.2 Å². The van der Waals surface area contributed by atoms with Gasteiger partial charge in [-0.05, 0) is 93.0 Å². The predicted octanol–water partition coefficient (Wildman–Crippen LogP) is -2.71. The van der Waals surface area contributed by atoms with E-state index in [1.807, 2.05) is 18.2 Å². The number of hydrogen-bond acceptors (Lipinski definition) is 14. The Morgan fingerprint density at radius 2 is 1.37 bits per heavy atom. The zero-order valence-corrected chi connectivity index (χ0v) is 46.4. The summed E-state index contributed by atoms with van der Waals surface area (Å²) < 4.78 is 0. The van der Waals surface area contributed by atoms with Gasteiger partial charge in [-0.3, -0.25) is 58.7 Å². The van der Waals surface area contributed by atoms with Crippen molar-refractivity contribution in [3.05, 3.63) is 65.9 Å². The summed E-state index contributed by atoms with van der Waals surface area (Å²) in [6, 6.07) is 4.52. The number of carbonyl (C=O) groups is 9. The Morgan fingerprint density at radius 3 is 2.05 bits per heavy atom. The van der Waals surface area contributed by atoms with Gasteiger partial charge >= 0.3 is 6.03 Å². The van der Waals surface area contributed by atoms with E-state index in [0.717, 1.165) is 10.9 Å². The molecule has 4 rings (SSSR count). The maximum Gasteiger partial charge on any atom is 0.321 e. The lowest BCUT2D eigenvalue weighted by atomic mass is 10.00. The number of benzene rings is 2. The van der Waals surface area contributed by atoms with Crippen LogP contribution in [-0.4, -0.2) is 150 Å². The van der Waals surface area contributed by atoms with Crippen LogP contribution in [0.15, 0.2) is 69.7 Å². The Bertz CT molecular complexity index is 2740. The summed E-state index contributed by atoms with van der Waals surface area (Å²) >= 11 is 0. The molecule has 82 heavy (non-hydrogen) atoms. The Kier molecular flexibility index (Phi) is 27.1. The first kappa shape index (κ1) is 65.3. The number of phenolic OH excluding ortho intramolecular Hbond substituents is 1. The molecule has 0 saturated carbocycles. The van der Waals surface area contributed by atoms with E-state index < -0.39 is 89.5 Å². The second kappa shape index (κ2) is 34.1. The van der Waals surface area contributed by atoms with E-state index in [-0.39, 0.29) is 133 Å². The zero-order chi connectivity index (χ0) is 60.1. The molecular weight excluding hydrogens is 1060 g/mol. The molecular formula is C53H81N19O10. The number of phenols is 1. The number of carbonyl (C=O) groups excluding carboxylic acids is 9. The SMILES string of the molecule is CC(C)C[C@H](NC(=O)[C@@H]1CCCN=C(N)NC(=O)NCCCCNC(=O)CCC(=O)N[C@@H](CCCN=C(N)N)C(=O)N[C@@H](Cc2c[nH]c3ccccc23)C(=O)N1)C(=O)N[C@@H](CCCN=C(N)N)C(=O)N[C@@H](Cc1ccc(O)cc1)C(N)=O. The quantitative estimate of drug-likeness (QED) is 0.0293. The molecule has 0 radical (unpaired) electrons. The fourth-order valence-electron chi connectivity index (χ4n) is 8.65. The van der Waals surface area contributed by atoms with Crippen LogP contribution in [0.4, 0.5) is 4.79 Å². The largest absolute Gasteiger partial charge is 0.508 e. The van der Waals surface area contributed by atoms with E-state index in [2.05, 4.69) is 67.8 Å². The van der Waals surface area contributed by atoms with Crippen molar-refractivity contribution in [3.8, 4) is 5.75 Å². The molecule has 0 unspecified atom stereocenters. The Balaban J connectivity index is 1.71. The van der Waals surface area contributed by atoms with E-state index in [0.29, 0.717) is 24.0 Å². The Morgan fingerprint density at radius 1 is 0.732 bits per heavy atom. The van der Waals surface area contributed by atoms with Crippen molar-refractivity contribution in [1.82, 2.24) is 52.8 Å². The number of aromatic nitrogens is 1. The average molecular weight is 1140 g/mol. The smallest absolute Gasteiger partial charge is 0.321 e. The number of guanidine groups is 3. The standard InChI is InChI=1S/C53H81N19O10/c1-30(2)26-40(48(80)67-37(13-8-24-62-51(57)58)46(78)69-39(44(54)76)27-31-15-17-33(73)18-16-31)70-47(79)38-14-9-25-63-52(59)72-53(82)64-22-6-5-21-60-42(74)19-20-43(75)66-36(12-7-23-61-50(55)56)45(77)71-41(49(81)68-38)28-32-29-65-35-11-4-3-10-34(32)35/h3-4,10-11,15-18,29-30,36-41,65,73H,5-9,12-14,19-28H2,1-2H3,(H2,54,76)(H,60,74)(H,66,75)(H,67,80)(H,68,81)(H,69,78)(H,70,79)(H,71,77)(H4,55,56,61)(H4,57,58,62)(H4,59,63,64,72,82)/t36-,37-,38-,39-,40-,41-/m0/s1. The maximum atomic E-state index is 14.9. The van der Waals surface area contributed by atoms with E-state index in [4.69, 9.17) is 34.4 Å². The number of aromatic amines is 1. The van der Waals surface area contributed by atoms with Crippen LogP contribution in [0.1, 0.15) is 95.6 Å². The molecule has 2 heterocycles. The number of aliphatic imine (C=N–C) groups is 3. The summed E-state index contributed by atoms with van der Waals surface area (Å²) in [5, 5.41) is 34.6. The molecule has 1 aromatic heterocycles. The fraction of sp³-hybridized carbons (Fsp3) is 0.509. The molecule has 0 fully saturated rings. The summed E-state index contributed by atoms with van der Waals surface area (Å²) in [5.74, 6) is -6.87. The lowest BCUT2D eigenvalue weighted by Crippen LogP contribution is -2.60. The van der Waals surface area contributed by atoms with Crippen LogP contribution in [0, 0.1) is 5.92 Å². The van der Waals surface area contributed by atoms with Crippen molar-refractivity contribution in [1.29, 1.82) is 0 Å². The maximum absolute atomic E-state index is 14.9. The number of urea groups is 1. The van der Waals surface area contributed by atoms with Gasteiger partial charge in [0.15, 0.2) is 17.9 Å². The molecule has 0 aliphatic carbocycles. The average Bonchev–Trinajstić information content (AvgIpc) is 3.83. The zero-order valence-electron chi connectivity index (χ0n) is 46.4. The number of rotatable bonds is 21. The van der Waals surface area contributed by atoms with Crippen LogP contribution in [0.2, 0.25) is 0 Å². The lowest BCUT2D eigenvalue weighted by molar-refractivity contribution is -0.135. The predicted molar refractivity (Wildman–Crippen MR) is 308 cm³/mol. The lowest BCUT2D eigenvalue weighted by Gasteiger charge is -2.28. The molecule has 29 nitrogen and oxygen atoms in total. The third-order valence-electron chi connectivity index (χ3n) is 12.9. The molecule has 2 aromatic carbocycles. The third kappa shape index (κ3) is 24.0. The highest BCUT2D eigenvalue weighted by Crippen LogP contribution is 2.20. The second-order valence-electron chi connectivity index (χ2n) is 20.1. The van der Waals surface area contributed by atoms with Crippen molar-refractivity contribution < 1.29 is 48.3 Å². The first-order valence-electron chi connectivity index (χ1n) is 27.2. The number of hydrogen-bond donors (Lipinski definition) is 17. The molecule has 448 valence electrons. The van der Waals surface area contributed by atoms with Gasteiger partial charge in [0.05, 0.1) is 0 Å². The van der Waals surface area contributed by atoms with Gasteiger partial charge in [-0.15, -0.1) is 0 Å². The van der Waals surface area contributed by atoms with Gasteiger partial charge in [0.25, 0.3) is 0 Å². The van der Waals surface area contributed by atoms with E-state index in [9.17, 15) is 48.3 Å². The first-order chi connectivity index (χ1) is 39.1. The summed E-state index contributed by atoms with van der Waals surface area (Å²) in [7, 11) is 0. The number of nitrogens with two attached hydrogens (primary N) is 6. The highest BCUT2D eigenvalue weighted by Gasteiger charge is 2.34. The highest BCUT2D eigenvalue weighted by atomic mass is 16.3. The number of H-pyrrole nitrogens is 1. The van der Waals surface area contributed by atoms with Crippen LogP contribution in [0.25, 0.3) is 10.9 Å². The van der Waals surface area contributed by atoms with E-state index in [1.54, 1.807) is 38.2 Å². The molecule has 10 amide bonds. The van der Waals surface area contributed by atoms with Crippen LogP contribution >= 0.6 is 0 Å². The van der Waals surface area contributed by atoms with Crippen molar-refractivity contribution in [2.75, 3.05) is 32.7 Å². The minimum atomic E-state index is -1.43. The topological polar surface area (TPSA) is 491 Å². The van der Waals surface area contributed by atoms with Gasteiger partial charge in [0.2, 0.25) is 47.3 Å². The number of nitrogens with one attached hydrogen (secondary N) is 10. The van der Waals surface area contributed by atoms with Gasteiger partial charge in [0, 0.05) is 75.5 Å². The van der Waals surface area contributed by atoms with Crippen molar-refractivity contribution in [3.63, 3.8) is 0 Å². The summed E-state index contributed by atoms with van der Waals surface area (Å²) in [5.41, 5.74) is 35.8. The molecule has 0 bridgehead atoms. The fourth-order valence-corrected chi connectivity index (χ4v) is 8.65. The summed E-state index contributed by atoms with van der Waals surface area (Å²) in [4.78, 5) is 139. The number of primary amides is 1. The monoisotopic (exact) mass is 1140 g/mol. The molecule has 3 aromatic rings. The van der Waals surface area contributed by atoms with E-state index >= 15 is 0 Å². The van der Waals surface area contributed by atoms with Gasteiger partial charge in [-0.25, -0.2) is 4.79 Å². The van der Waals surface area contributed by atoms with Gasteiger partial charge in [-0.2, -0.15) is 0 Å².